The zero-order valence-corrected chi connectivity index (χ0v) is 18.5. The summed E-state index contributed by atoms with van der Waals surface area (Å²) in [6.45, 7) is 4.22. The number of urea groups is 1. The van der Waals surface area contributed by atoms with E-state index in [2.05, 4.69) is 22.5 Å². The number of benzene rings is 1. The van der Waals surface area contributed by atoms with E-state index < -0.39 is 17.6 Å². The molecule has 1 aliphatic rings. The quantitative estimate of drug-likeness (QED) is 0.598. The largest absolute Gasteiger partial charge is 0.417 e. The lowest BCUT2D eigenvalue weighted by Gasteiger charge is -2.36. The van der Waals surface area contributed by atoms with E-state index in [1.54, 1.807) is 12.3 Å². The van der Waals surface area contributed by atoms with Crippen LogP contribution in [0.3, 0.4) is 0 Å². The number of carbonyl (C=O) groups is 2. The smallest absolute Gasteiger partial charge is 0.367 e. The number of pyridine rings is 1. The number of alkyl halides is 3. The summed E-state index contributed by atoms with van der Waals surface area (Å²) < 4.78 is 39.7. The fraction of sp³-hybridized carbons (Fsp3) is 0.435. The summed E-state index contributed by atoms with van der Waals surface area (Å²) in [6, 6.07) is 8.06. The molecule has 33 heavy (non-hydrogen) atoms. The predicted octanol–water partition coefficient (Wildman–Crippen LogP) is 4.37. The van der Waals surface area contributed by atoms with Crippen LogP contribution in [0.1, 0.15) is 42.1 Å². The van der Waals surface area contributed by atoms with Gasteiger partial charge in [-0.2, -0.15) is 13.2 Å². The van der Waals surface area contributed by atoms with Crippen LogP contribution in [-0.4, -0.2) is 54.5 Å². The molecule has 0 saturated carbocycles. The molecule has 1 aliphatic heterocycles. The molecule has 0 spiro atoms. The van der Waals surface area contributed by atoms with Crippen molar-refractivity contribution < 1.29 is 22.8 Å². The van der Waals surface area contributed by atoms with Gasteiger partial charge in [-0.05, 0) is 30.7 Å². The number of nitrogens with zero attached hydrogens (tertiary/aromatic N) is 3. The summed E-state index contributed by atoms with van der Waals surface area (Å²) in [6.07, 6.45) is 0.105. The summed E-state index contributed by atoms with van der Waals surface area (Å²) >= 11 is 0. The molecule has 2 N–H and O–H groups in total. The lowest BCUT2D eigenvalue weighted by atomic mass is 10.1. The molecule has 1 aromatic carbocycles. The summed E-state index contributed by atoms with van der Waals surface area (Å²) in [5.74, 6) is -0.200. The van der Waals surface area contributed by atoms with E-state index >= 15 is 0 Å². The monoisotopic (exact) mass is 463 g/mol. The highest BCUT2D eigenvalue weighted by Crippen LogP contribution is 2.32. The summed E-state index contributed by atoms with van der Waals surface area (Å²) in [5.41, 5.74) is -0.436. The van der Waals surface area contributed by atoms with Crippen molar-refractivity contribution in [2.24, 2.45) is 0 Å². The number of unbranched alkanes of at least 4 members (excludes halogenated alkanes) is 2. The number of rotatable bonds is 7. The van der Waals surface area contributed by atoms with Gasteiger partial charge < -0.3 is 15.1 Å². The van der Waals surface area contributed by atoms with Crippen molar-refractivity contribution >= 4 is 23.4 Å². The standard InChI is InChI=1S/C23H28F3N5O2/c1-2-3-6-11-27-22(33)29-20-10-9-17(16-28-20)30-12-14-31(15-13-30)21(32)18-7-4-5-8-19(18)23(24,25)26/h4-5,7-10,16H,2-3,6,11-15H2,1H3,(H2,27,28,29,33). The van der Waals surface area contributed by atoms with Gasteiger partial charge in [-0.25, -0.2) is 9.78 Å². The van der Waals surface area contributed by atoms with Gasteiger partial charge in [0.25, 0.3) is 5.91 Å². The zero-order chi connectivity index (χ0) is 23.8. The second kappa shape index (κ2) is 11.0. The zero-order valence-electron chi connectivity index (χ0n) is 18.5. The van der Waals surface area contributed by atoms with Crippen LogP contribution in [0.2, 0.25) is 0 Å². The summed E-state index contributed by atoms with van der Waals surface area (Å²) in [5, 5.41) is 5.46. The molecule has 178 valence electrons. The maximum Gasteiger partial charge on any atom is 0.417 e. The Morgan fingerprint density at radius 3 is 2.39 bits per heavy atom. The topological polar surface area (TPSA) is 77.6 Å². The first-order valence-electron chi connectivity index (χ1n) is 11.0. The average molecular weight is 464 g/mol. The van der Waals surface area contributed by atoms with Gasteiger partial charge >= 0.3 is 12.2 Å². The van der Waals surface area contributed by atoms with Crippen molar-refractivity contribution in [3.8, 4) is 0 Å². The van der Waals surface area contributed by atoms with Crippen LogP contribution in [0.4, 0.5) is 29.5 Å². The van der Waals surface area contributed by atoms with Crippen LogP contribution in [0.15, 0.2) is 42.6 Å². The van der Waals surface area contributed by atoms with Gasteiger partial charge in [0.15, 0.2) is 0 Å². The minimum Gasteiger partial charge on any atom is -0.367 e. The third-order valence-corrected chi connectivity index (χ3v) is 5.45. The van der Waals surface area contributed by atoms with Crippen molar-refractivity contribution in [1.82, 2.24) is 15.2 Å². The minimum atomic E-state index is -4.58. The van der Waals surface area contributed by atoms with Crippen LogP contribution < -0.4 is 15.5 Å². The fourth-order valence-electron chi connectivity index (χ4n) is 3.64. The van der Waals surface area contributed by atoms with Crippen LogP contribution in [-0.2, 0) is 6.18 Å². The molecular formula is C23H28F3N5O2. The van der Waals surface area contributed by atoms with Gasteiger partial charge in [0.05, 0.1) is 23.0 Å². The van der Waals surface area contributed by atoms with E-state index in [-0.39, 0.29) is 11.6 Å². The highest BCUT2D eigenvalue weighted by molar-refractivity contribution is 5.96. The minimum absolute atomic E-state index is 0.297. The number of amides is 3. The van der Waals surface area contributed by atoms with Crippen molar-refractivity contribution in [2.45, 2.75) is 32.4 Å². The van der Waals surface area contributed by atoms with E-state index in [9.17, 15) is 22.8 Å². The number of piperazine rings is 1. The molecule has 1 aromatic heterocycles. The number of halogens is 3. The van der Waals surface area contributed by atoms with Gasteiger partial charge in [0.2, 0.25) is 0 Å². The highest BCUT2D eigenvalue weighted by atomic mass is 19.4. The maximum absolute atomic E-state index is 13.2. The molecule has 0 bridgehead atoms. The van der Waals surface area contributed by atoms with E-state index in [1.807, 2.05) is 11.0 Å². The number of nitrogens with one attached hydrogen (secondary N) is 2. The Bertz CT molecular complexity index is 942. The highest BCUT2D eigenvalue weighted by Gasteiger charge is 2.36. The predicted molar refractivity (Wildman–Crippen MR) is 120 cm³/mol. The van der Waals surface area contributed by atoms with Crippen molar-refractivity contribution in [2.75, 3.05) is 42.9 Å². The van der Waals surface area contributed by atoms with E-state index in [4.69, 9.17) is 0 Å². The molecule has 0 aliphatic carbocycles. The molecule has 0 radical (unpaired) electrons. The van der Waals surface area contributed by atoms with Crippen LogP contribution >= 0.6 is 0 Å². The Kier molecular flexibility index (Phi) is 8.13. The van der Waals surface area contributed by atoms with E-state index in [0.29, 0.717) is 38.5 Å². The molecule has 3 amide bonds. The summed E-state index contributed by atoms with van der Waals surface area (Å²) in [4.78, 5) is 32.3. The van der Waals surface area contributed by atoms with Gasteiger partial charge in [-0.3, -0.25) is 10.1 Å². The van der Waals surface area contributed by atoms with E-state index in [1.165, 1.54) is 23.1 Å². The molecule has 0 atom stereocenters. The Labute approximate surface area is 191 Å². The second-order valence-corrected chi connectivity index (χ2v) is 7.81. The molecule has 0 unspecified atom stereocenters. The van der Waals surface area contributed by atoms with Crippen LogP contribution in [0.25, 0.3) is 0 Å². The normalized spacial score (nSPS) is 14.2. The molecule has 3 rings (SSSR count). The van der Waals surface area contributed by atoms with Gasteiger partial charge in [0.1, 0.15) is 5.82 Å². The average Bonchev–Trinajstić information content (AvgIpc) is 2.81. The Balaban J connectivity index is 1.53. The molecule has 2 heterocycles. The lowest BCUT2D eigenvalue weighted by molar-refractivity contribution is -0.138. The number of aromatic nitrogens is 1. The fourth-order valence-corrected chi connectivity index (χ4v) is 3.64. The molecule has 1 saturated heterocycles. The third-order valence-electron chi connectivity index (χ3n) is 5.45. The number of carbonyl (C=O) groups excluding carboxylic acids is 2. The molecular weight excluding hydrogens is 435 g/mol. The molecule has 1 fully saturated rings. The van der Waals surface area contributed by atoms with Crippen LogP contribution in [0.5, 0.6) is 0 Å². The van der Waals surface area contributed by atoms with Crippen molar-refractivity contribution in [3.63, 3.8) is 0 Å². The Hall–Kier alpha value is -3.30. The SMILES string of the molecule is CCCCCNC(=O)Nc1ccc(N2CCN(C(=O)c3ccccc3C(F)(F)F)CC2)cn1. The number of hydrogen-bond acceptors (Lipinski definition) is 4. The number of hydrogen-bond donors (Lipinski definition) is 2. The number of anilines is 2. The molecule has 2 aromatic rings. The first kappa shape index (κ1) is 24.3. The molecule has 7 nitrogen and oxygen atoms in total. The Morgan fingerprint density at radius 2 is 1.76 bits per heavy atom. The lowest BCUT2D eigenvalue weighted by Crippen LogP contribution is -2.49. The van der Waals surface area contributed by atoms with E-state index in [0.717, 1.165) is 31.0 Å². The first-order valence-corrected chi connectivity index (χ1v) is 11.0. The Morgan fingerprint density at radius 1 is 1.03 bits per heavy atom. The van der Waals surface area contributed by atoms with Crippen molar-refractivity contribution in [3.05, 3.63) is 53.7 Å². The molecule has 10 heteroatoms. The second-order valence-electron chi connectivity index (χ2n) is 7.81. The third kappa shape index (κ3) is 6.59. The van der Waals surface area contributed by atoms with Crippen molar-refractivity contribution in [1.29, 1.82) is 0 Å². The van der Waals surface area contributed by atoms with Gasteiger partial charge in [-0.15, -0.1) is 0 Å². The first-order chi connectivity index (χ1) is 15.8. The summed E-state index contributed by atoms with van der Waals surface area (Å²) in [7, 11) is 0. The maximum atomic E-state index is 13.2. The van der Waals surface area contributed by atoms with Crippen LogP contribution in [0, 0.1) is 0 Å². The van der Waals surface area contributed by atoms with Gasteiger partial charge in [0, 0.05) is 32.7 Å². The van der Waals surface area contributed by atoms with Gasteiger partial charge in [-0.1, -0.05) is 31.9 Å².